The summed E-state index contributed by atoms with van der Waals surface area (Å²) < 4.78 is 27.0. The largest absolute Gasteiger partial charge is 0.493 e. The van der Waals surface area contributed by atoms with Crippen molar-refractivity contribution in [3.8, 4) is 5.75 Å². The SMILES string of the molecule is O=C(Cn1cccn1)N(Cc1cccc(OCCc2ccccc2F)c1)C[C@H]1CCCO1. The van der Waals surface area contributed by atoms with Crippen molar-refractivity contribution >= 4 is 5.91 Å². The van der Waals surface area contributed by atoms with Crippen LogP contribution in [0.2, 0.25) is 0 Å². The molecule has 2 heterocycles. The molecule has 0 aliphatic carbocycles. The predicted molar refractivity (Wildman–Crippen MR) is 119 cm³/mol. The number of carbonyl (C=O) groups excluding carboxylic acids is 1. The van der Waals surface area contributed by atoms with E-state index in [9.17, 15) is 9.18 Å². The Morgan fingerprint density at radius 3 is 2.91 bits per heavy atom. The molecule has 0 bridgehead atoms. The molecular weight excluding hydrogens is 409 g/mol. The van der Waals surface area contributed by atoms with E-state index in [1.165, 1.54) is 6.07 Å². The lowest BCUT2D eigenvalue weighted by Gasteiger charge is -2.26. The second kappa shape index (κ2) is 10.9. The molecule has 1 aliphatic heterocycles. The van der Waals surface area contributed by atoms with Crippen LogP contribution in [-0.2, 0) is 29.0 Å². The van der Waals surface area contributed by atoms with Gasteiger partial charge in [0, 0.05) is 38.5 Å². The van der Waals surface area contributed by atoms with E-state index in [0.29, 0.717) is 37.4 Å². The van der Waals surface area contributed by atoms with E-state index < -0.39 is 0 Å². The van der Waals surface area contributed by atoms with E-state index in [1.807, 2.05) is 35.2 Å². The molecule has 2 aromatic carbocycles. The Kier molecular flexibility index (Phi) is 7.51. The lowest BCUT2D eigenvalue weighted by Crippen LogP contribution is -2.39. The molecule has 1 atom stereocenters. The molecule has 0 spiro atoms. The zero-order valence-corrected chi connectivity index (χ0v) is 18.0. The molecule has 168 valence electrons. The number of aromatic nitrogens is 2. The number of carbonyl (C=O) groups is 1. The predicted octanol–water partition coefficient (Wildman–Crippen LogP) is 3.85. The number of rotatable bonds is 10. The molecule has 1 saturated heterocycles. The van der Waals surface area contributed by atoms with Gasteiger partial charge in [0.25, 0.3) is 0 Å². The van der Waals surface area contributed by atoms with E-state index in [4.69, 9.17) is 9.47 Å². The number of amides is 1. The summed E-state index contributed by atoms with van der Waals surface area (Å²) in [6.45, 7) is 2.33. The lowest BCUT2D eigenvalue weighted by atomic mass is 10.1. The monoisotopic (exact) mass is 437 g/mol. The molecule has 0 N–H and O–H groups in total. The van der Waals surface area contributed by atoms with Crippen LogP contribution in [0.1, 0.15) is 24.0 Å². The first-order valence-corrected chi connectivity index (χ1v) is 11.0. The number of hydrogen-bond donors (Lipinski definition) is 0. The van der Waals surface area contributed by atoms with Gasteiger partial charge in [-0.1, -0.05) is 30.3 Å². The Bertz CT molecular complexity index is 1000. The molecular formula is C25H28FN3O3. The summed E-state index contributed by atoms with van der Waals surface area (Å²) in [6, 6.07) is 16.2. The number of nitrogens with zero attached hydrogens (tertiary/aromatic N) is 3. The second-order valence-electron chi connectivity index (χ2n) is 7.95. The van der Waals surface area contributed by atoms with Gasteiger partial charge in [0.2, 0.25) is 5.91 Å². The van der Waals surface area contributed by atoms with Crippen molar-refractivity contribution in [2.45, 2.75) is 38.5 Å². The smallest absolute Gasteiger partial charge is 0.244 e. The average Bonchev–Trinajstić information content (AvgIpc) is 3.49. The third-order valence-electron chi connectivity index (χ3n) is 5.53. The molecule has 1 aromatic heterocycles. The standard InChI is InChI=1S/C25H28FN3O3/c26-24-10-2-1-7-21(24)11-15-32-22-8-3-6-20(16-22)17-28(18-23-9-4-14-31-23)25(30)19-29-13-5-12-27-29/h1-3,5-8,10,12-13,16,23H,4,9,11,14-15,17-19H2/t23-/m1/s1. The quantitative estimate of drug-likeness (QED) is 0.484. The van der Waals surface area contributed by atoms with Gasteiger partial charge in [0.15, 0.2) is 0 Å². The average molecular weight is 438 g/mol. The first kappa shape index (κ1) is 22.0. The van der Waals surface area contributed by atoms with E-state index in [-0.39, 0.29) is 24.4 Å². The van der Waals surface area contributed by atoms with Crippen molar-refractivity contribution in [1.29, 1.82) is 0 Å². The molecule has 0 saturated carbocycles. The highest BCUT2D eigenvalue weighted by atomic mass is 19.1. The second-order valence-corrected chi connectivity index (χ2v) is 7.95. The van der Waals surface area contributed by atoms with Crippen molar-refractivity contribution in [2.75, 3.05) is 19.8 Å². The van der Waals surface area contributed by atoms with Gasteiger partial charge in [0.1, 0.15) is 18.1 Å². The van der Waals surface area contributed by atoms with Crippen LogP contribution in [0.25, 0.3) is 0 Å². The fraction of sp³-hybridized carbons (Fsp3) is 0.360. The van der Waals surface area contributed by atoms with Crippen LogP contribution < -0.4 is 4.74 Å². The molecule has 32 heavy (non-hydrogen) atoms. The van der Waals surface area contributed by atoms with Gasteiger partial charge in [-0.2, -0.15) is 5.10 Å². The van der Waals surface area contributed by atoms with Crippen LogP contribution in [0.4, 0.5) is 4.39 Å². The summed E-state index contributed by atoms with van der Waals surface area (Å²) in [5, 5.41) is 4.15. The molecule has 0 radical (unpaired) electrons. The van der Waals surface area contributed by atoms with Crippen molar-refractivity contribution in [2.24, 2.45) is 0 Å². The summed E-state index contributed by atoms with van der Waals surface area (Å²) in [4.78, 5) is 14.8. The van der Waals surface area contributed by atoms with Gasteiger partial charge >= 0.3 is 0 Å². The zero-order valence-electron chi connectivity index (χ0n) is 18.0. The fourth-order valence-corrected chi connectivity index (χ4v) is 3.86. The normalized spacial score (nSPS) is 15.6. The Morgan fingerprint density at radius 2 is 2.12 bits per heavy atom. The third-order valence-corrected chi connectivity index (χ3v) is 5.53. The molecule has 6 nitrogen and oxygen atoms in total. The maximum absolute atomic E-state index is 13.8. The Morgan fingerprint density at radius 1 is 1.22 bits per heavy atom. The minimum absolute atomic E-state index is 0.00456. The van der Waals surface area contributed by atoms with Crippen LogP contribution in [0.15, 0.2) is 67.0 Å². The first-order valence-electron chi connectivity index (χ1n) is 11.0. The highest BCUT2D eigenvalue weighted by Crippen LogP contribution is 2.19. The van der Waals surface area contributed by atoms with Gasteiger partial charge in [-0.15, -0.1) is 0 Å². The van der Waals surface area contributed by atoms with Gasteiger partial charge in [0.05, 0.1) is 12.7 Å². The molecule has 3 aromatic rings. The lowest BCUT2D eigenvalue weighted by molar-refractivity contribution is -0.134. The van der Waals surface area contributed by atoms with Crippen LogP contribution in [0.5, 0.6) is 5.75 Å². The van der Waals surface area contributed by atoms with Crippen molar-refractivity contribution in [3.05, 3.63) is 83.9 Å². The maximum Gasteiger partial charge on any atom is 0.244 e. The highest BCUT2D eigenvalue weighted by molar-refractivity contribution is 5.76. The molecule has 1 amide bonds. The fourth-order valence-electron chi connectivity index (χ4n) is 3.86. The van der Waals surface area contributed by atoms with Gasteiger partial charge in [-0.25, -0.2) is 4.39 Å². The van der Waals surface area contributed by atoms with Crippen LogP contribution in [0, 0.1) is 5.82 Å². The van der Waals surface area contributed by atoms with E-state index >= 15 is 0 Å². The number of benzene rings is 2. The van der Waals surface area contributed by atoms with Crippen molar-refractivity contribution in [3.63, 3.8) is 0 Å². The topological polar surface area (TPSA) is 56.6 Å². The Balaban J connectivity index is 1.38. The van der Waals surface area contributed by atoms with Crippen LogP contribution in [-0.4, -0.2) is 46.5 Å². The minimum Gasteiger partial charge on any atom is -0.493 e. The van der Waals surface area contributed by atoms with Crippen LogP contribution in [0.3, 0.4) is 0 Å². The summed E-state index contributed by atoms with van der Waals surface area (Å²) in [5.41, 5.74) is 1.61. The molecule has 7 heteroatoms. The number of ether oxygens (including phenoxy) is 2. The van der Waals surface area contributed by atoms with Crippen LogP contribution >= 0.6 is 0 Å². The molecule has 1 fully saturated rings. The summed E-state index contributed by atoms with van der Waals surface area (Å²) in [5.74, 6) is 0.482. The van der Waals surface area contributed by atoms with Gasteiger partial charge in [-0.3, -0.25) is 9.48 Å². The molecule has 4 rings (SSSR count). The zero-order chi connectivity index (χ0) is 22.2. The van der Waals surface area contributed by atoms with E-state index in [0.717, 1.165) is 25.0 Å². The number of halogens is 1. The third kappa shape index (κ3) is 6.17. The first-order chi connectivity index (χ1) is 15.7. The van der Waals surface area contributed by atoms with E-state index in [2.05, 4.69) is 5.10 Å². The van der Waals surface area contributed by atoms with Crippen molar-refractivity contribution < 1.29 is 18.7 Å². The maximum atomic E-state index is 13.8. The summed E-state index contributed by atoms with van der Waals surface area (Å²) in [6.07, 6.45) is 6.00. The van der Waals surface area contributed by atoms with Gasteiger partial charge in [-0.05, 0) is 48.2 Å². The molecule has 1 aliphatic rings. The van der Waals surface area contributed by atoms with E-state index in [1.54, 1.807) is 35.3 Å². The Labute approximate surface area is 187 Å². The summed E-state index contributed by atoms with van der Waals surface area (Å²) >= 11 is 0. The Hall–Kier alpha value is -3.19. The van der Waals surface area contributed by atoms with Gasteiger partial charge < -0.3 is 14.4 Å². The summed E-state index contributed by atoms with van der Waals surface area (Å²) in [7, 11) is 0. The van der Waals surface area contributed by atoms with Crippen molar-refractivity contribution in [1.82, 2.24) is 14.7 Å². The highest BCUT2D eigenvalue weighted by Gasteiger charge is 2.23. The molecule has 0 unspecified atom stereocenters. The number of hydrogen-bond acceptors (Lipinski definition) is 4. The minimum atomic E-state index is -0.217.